The minimum absolute atomic E-state index is 0.123. The largest absolute Gasteiger partial charge is 0.493 e. The van der Waals surface area contributed by atoms with Gasteiger partial charge in [0.1, 0.15) is 5.75 Å². The molecule has 1 aromatic carbocycles. The topological polar surface area (TPSA) is 132 Å². The molecule has 1 aromatic heterocycles. The van der Waals surface area contributed by atoms with Crippen LogP contribution < -0.4 is 20.5 Å². The molecule has 0 bridgehead atoms. The van der Waals surface area contributed by atoms with E-state index in [-0.39, 0.29) is 29.6 Å². The molecule has 2 N–H and O–H groups in total. The molecule has 0 saturated carbocycles. The molecule has 0 radical (unpaired) electrons. The van der Waals surface area contributed by atoms with Crippen LogP contribution in [0, 0.1) is 10.1 Å². The van der Waals surface area contributed by atoms with E-state index in [1.165, 1.54) is 24.4 Å². The number of aromatic amines is 1. The van der Waals surface area contributed by atoms with E-state index >= 15 is 0 Å². The molecule has 0 atom stereocenters. The molecule has 10 nitrogen and oxygen atoms in total. The highest BCUT2D eigenvalue weighted by Gasteiger charge is 2.19. The molecule has 1 heterocycles. The number of aryl methyl sites for hydroxylation is 1. The van der Waals surface area contributed by atoms with E-state index in [1.807, 2.05) is 6.92 Å². The van der Waals surface area contributed by atoms with Crippen molar-refractivity contribution in [2.45, 2.75) is 27.2 Å². The van der Waals surface area contributed by atoms with Crippen LogP contribution in [0.25, 0.3) is 0 Å². The number of rotatable bonds is 9. The van der Waals surface area contributed by atoms with Gasteiger partial charge in [-0.1, -0.05) is 6.92 Å². The van der Waals surface area contributed by atoms with Gasteiger partial charge in [0.25, 0.3) is 5.56 Å². The standard InChI is InChI=1S/C17H21N5O5/c1-4-12-8-16(23)20-17(19-12)21-18-10-11-7-13(22(24)25)15(27-6-3)9-14(11)26-5-2/h7-10H,4-6H2,1-3H3,(H2,19,20,21,23)/b18-10-. The molecule has 0 spiro atoms. The molecule has 0 aliphatic rings. The summed E-state index contributed by atoms with van der Waals surface area (Å²) in [4.78, 5) is 29.0. The third-order valence-corrected chi connectivity index (χ3v) is 3.42. The summed E-state index contributed by atoms with van der Waals surface area (Å²) in [5.41, 5.74) is 3.12. The summed E-state index contributed by atoms with van der Waals surface area (Å²) in [5.74, 6) is 0.688. The SMILES string of the molecule is CCOc1cc(OCC)c([N+](=O)[O-])cc1/C=N\Nc1nc(CC)cc(=O)[nH]1. The molecule has 2 aromatic rings. The first-order valence-electron chi connectivity index (χ1n) is 8.45. The molecule has 0 aliphatic heterocycles. The smallest absolute Gasteiger partial charge is 0.311 e. The van der Waals surface area contributed by atoms with Crippen molar-refractivity contribution >= 4 is 17.9 Å². The lowest BCUT2D eigenvalue weighted by Crippen LogP contribution is -2.11. The monoisotopic (exact) mass is 375 g/mol. The summed E-state index contributed by atoms with van der Waals surface area (Å²) in [6, 6.07) is 4.18. The Labute approximate surface area is 155 Å². The normalized spacial score (nSPS) is 10.8. The number of hydrazone groups is 1. The summed E-state index contributed by atoms with van der Waals surface area (Å²) >= 11 is 0. The third kappa shape index (κ3) is 5.27. The predicted octanol–water partition coefficient (Wildman–Crippen LogP) is 2.48. The fraction of sp³-hybridized carbons (Fsp3) is 0.353. The van der Waals surface area contributed by atoms with Crippen molar-refractivity contribution in [2.24, 2.45) is 5.10 Å². The van der Waals surface area contributed by atoms with Gasteiger partial charge in [-0.05, 0) is 20.3 Å². The van der Waals surface area contributed by atoms with Crippen molar-refractivity contribution in [1.29, 1.82) is 0 Å². The molecular weight excluding hydrogens is 354 g/mol. The number of nitrogens with zero attached hydrogens (tertiary/aromatic N) is 3. The van der Waals surface area contributed by atoms with Gasteiger partial charge in [0.2, 0.25) is 11.7 Å². The lowest BCUT2D eigenvalue weighted by Gasteiger charge is -2.10. The zero-order valence-electron chi connectivity index (χ0n) is 15.3. The number of nitro benzene ring substituents is 1. The molecule has 0 unspecified atom stereocenters. The van der Waals surface area contributed by atoms with E-state index in [1.54, 1.807) is 13.8 Å². The van der Waals surface area contributed by atoms with Crippen LogP contribution in [0.1, 0.15) is 32.0 Å². The van der Waals surface area contributed by atoms with Crippen molar-refractivity contribution in [1.82, 2.24) is 9.97 Å². The van der Waals surface area contributed by atoms with Crippen molar-refractivity contribution in [3.8, 4) is 11.5 Å². The van der Waals surface area contributed by atoms with Gasteiger partial charge in [-0.2, -0.15) is 5.10 Å². The first kappa shape index (κ1) is 19.9. The maximum absolute atomic E-state index is 11.6. The first-order chi connectivity index (χ1) is 13.0. The number of ether oxygens (including phenoxy) is 2. The van der Waals surface area contributed by atoms with Gasteiger partial charge in [0.05, 0.1) is 24.4 Å². The van der Waals surface area contributed by atoms with E-state index in [0.29, 0.717) is 30.0 Å². The number of aromatic nitrogens is 2. The second-order valence-electron chi connectivity index (χ2n) is 5.29. The van der Waals surface area contributed by atoms with Gasteiger partial charge in [-0.3, -0.25) is 19.9 Å². The highest BCUT2D eigenvalue weighted by atomic mass is 16.6. The molecular formula is C17H21N5O5. The Kier molecular flexibility index (Phi) is 6.86. The Balaban J connectivity index is 2.34. The van der Waals surface area contributed by atoms with Gasteiger partial charge < -0.3 is 9.47 Å². The average molecular weight is 375 g/mol. The number of benzene rings is 1. The second kappa shape index (κ2) is 9.32. The zero-order valence-corrected chi connectivity index (χ0v) is 15.3. The lowest BCUT2D eigenvalue weighted by atomic mass is 10.1. The van der Waals surface area contributed by atoms with Crippen molar-refractivity contribution in [3.05, 3.63) is 49.9 Å². The maximum Gasteiger partial charge on any atom is 0.311 e. The van der Waals surface area contributed by atoms with Crippen LogP contribution in [0.15, 0.2) is 28.1 Å². The number of hydrogen-bond donors (Lipinski definition) is 2. The predicted molar refractivity (Wildman–Crippen MR) is 101 cm³/mol. The molecule has 0 amide bonds. The fourth-order valence-corrected chi connectivity index (χ4v) is 2.27. The maximum atomic E-state index is 11.6. The van der Waals surface area contributed by atoms with Crippen LogP contribution in [0.3, 0.4) is 0 Å². The van der Waals surface area contributed by atoms with Gasteiger partial charge in [-0.25, -0.2) is 10.4 Å². The summed E-state index contributed by atoms with van der Waals surface area (Å²) < 4.78 is 10.8. The van der Waals surface area contributed by atoms with E-state index < -0.39 is 4.92 Å². The molecule has 0 aliphatic carbocycles. The van der Waals surface area contributed by atoms with E-state index in [2.05, 4.69) is 20.5 Å². The highest BCUT2D eigenvalue weighted by molar-refractivity contribution is 5.86. The van der Waals surface area contributed by atoms with Crippen LogP contribution in [-0.4, -0.2) is 34.3 Å². The summed E-state index contributed by atoms with van der Waals surface area (Å²) in [6.07, 6.45) is 1.95. The number of hydrogen-bond acceptors (Lipinski definition) is 8. The highest BCUT2D eigenvalue weighted by Crippen LogP contribution is 2.34. The van der Waals surface area contributed by atoms with Crippen molar-refractivity contribution < 1.29 is 14.4 Å². The van der Waals surface area contributed by atoms with E-state index in [9.17, 15) is 14.9 Å². The van der Waals surface area contributed by atoms with Crippen LogP contribution in [0.2, 0.25) is 0 Å². The van der Waals surface area contributed by atoms with Crippen molar-refractivity contribution in [3.63, 3.8) is 0 Å². The third-order valence-electron chi connectivity index (χ3n) is 3.42. The Morgan fingerprint density at radius 2 is 1.93 bits per heavy atom. The summed E-state index contributed by atoms with van der Waals surface area (Å²) in [5, 5.41) is 15.3. The van der Waals surface area contributed by atoms with Crippen LogP contribution >= 0.6 is 0 Å². The Hall–Kier alpha value is -3.43. The lowest BCUT2D eigenvalue weighted by molar-refractivity contribution is -0.385. The molecule has 10 heteroatoms. The van der Waals surface area contributed by atoms with Gasteiger partial charge in [0.15, 0.2) is 0 Å². The quantitative estimate of drug-likeness (QED) is 0.391. The number of H-pyrrole nitrogens is 1. The van der Waals surface area contributed by atoms with Crippen LogP contribution in [0.5, 0.6) is 11.5 Å². The van der Waals surface area contributed by atoms with Crippen molar-refractivity contribution in [2.75, 3.05) is 18.6 Å². The van der Waals surface area contributed by atoms with E-state index in [4.69, 9.17) is 9.47 Å². The molecule has 144 valence electrons. The van der Waals surface area contributed by atoms with Crippen LogP contribution in [-0.2, 0) is 6.42 Å². The van der Waals surface area contributed by atoms with Gasteiger partial charge >= 0.3 is 5.69 Å². The zero-order chi connectivity index (χ0) is 19.8. The van der Waals surface area contributed by atoms with E-state index in [0.717, 1.165) is 0 Å². The Morgan fingerprint density at radius 1 is 1.22 bits per heavy atom. The molecule has 0 fully saturated rings. The Bertz CT molecular complexity index is 894. The average Bonchev–Trinajstić information content (AvgIpc) is 2.63. The second-order valence-corrected chi connectivity index (χ2v) is 5.29. The molecule has 27 heavy (non-hydrogen) atoms. The number of anilines is 1. The first-order valence-corrected chi connectivity index (χ1v) is 8.45. The fourth-order valence-electron chi connectivity index (χ4n) is 2.27. The number of nitro groups is 1. The van der Waals surface area contributed by atoms with Crippen LogP contribution in [0.4, 0.5) is 11.6 Å². The molecule has 2 rings (SSSR count). The molecule has 0 saturated heterocycles. The van der Waals surface area contributed by atoms with Gasteiger partial charge in [-0.15, -0.1) is 0 Å². The minimum Gasteiger partial charge on any atom is -0.493 e. The summed E-state index contributed by atoms with van der Waals surface area (Å²) in [7, 11) is 0. The minimum atomic E-state index is -0.532. The Morgan fingerprint density at radius 3 is 2.56 bits per heavy atom. The van der Waals surface area contributed by atoms with Gasteiger partial charge in [0, 0.05) is 29.5 Å². The summed E-state index contributed by atoms with van der Waals surface area (Å²) in [6.45, 7) is 6.06. The number of nitrogens with one attached hydrogen (secondary N) is 2.